The summed E-state index contributed by atoms with van der Waals surface area (Å²) in [5.74, 6) is 0.0390. The summed E-state index contributed by atoms with van der Waals surface area (Å²) in [6.07, 6.45) is 0. The summed E-state index contributed by atoms with van der Waals surface area (Å²) in [6, 6.07) is 15.2. The molecule has 0 aliphatic carbocycles. The second-order valence-electron chi connectivity index (χ2n) is 7.22. The van der Waals surface area contributed by atoms with Gasteiger partial charge in [0.15, 0.2) is 11.5 Å². The molecule has 0 atom stereocenters. The standard InChI is InChI=1S/C23H21FN2O5S/c1-15-12-16(6-8-19(15)24)14-25-23(27)18-4-2-3-5-20(18)26-32(28,29)17-7-9-21-22(13-17)31-11-10-30-21/h2-9,12-13,26H,10-11,14H2,1H3,(H,25,27). The highest BCUT2D eigenvalue weighted by Crippen LogP contribution is 2.33. The second kappa shape index (κ2) is 8.88. The number of anilines is 1. The number of amides is 1. The lowest BCUT2D eigenvalue weighted by Crippen LogP contribution is -2.25. The van der Waals surface area contributed by atoms with E-state index in [9.17, 15) is 17.6 Å². The second-order valence-corrected chi connectivity index (χ2v) is 8.91. The number of halogens is 1. The van der Waals surface area contributed by atoms with E-state index in [0.29, 0.717) is 30.3 Å². The lowest BCUT2D eigenvalue weighted by atomic mass is 10.1. The predicted octanol–water partition coefficient (Wildman–Crippen LogP) is 3.64. The third kappa shape index (κ3) is 4.67. The SMILES string of the molecule is Cc1cc(CNC(=O)c2ccccc2NS(=O)(=O)c2ccc3c(c2)OCCO3)ccc1F. The number of hydrogen-bond acceptors (Lipinski definition) is 5. The summed E-state index contributed by atoms with van der Waals surface area (Å²) >= 11 is 0. The Morgan fingerprint density at radius 1 is 1.00 bits per heavy atom. The third-order valence-electron chi connectivity index (χ3n) is 4.92. The summed E-state index contributed by atoms with van der Waals surface area (Å²) in [5.41, 5.74) is 1.50. The van der Waals surface area contributed by atoms with Crippen LogP contribution in [-0.4, -0.2) is 27.5 Å². The molecule has 9 heteroatoms. The van der Waals surface area contributed by atoms with Crippen LogP contribution in [0.4, 0.5) is 10.1 Å². The zero-order valence-electron chi connectivity index (χ0n) is 17.2. The van der Waals surface area contributed by atoms with E-state index in [1.165, 1.54) is 36.4 Å². The van der Waals surface area contributed by atoms with Gasteiger partial charge in [0.1, 0.15) is 19.0 Å². The molecule has 1 aliphatic rings. The Labute approximate surface area is 185 Å². The number of ether oxygens (including phenoxy) is 2. The fourth-order valence-electron chi connectivity index (χ4n) is 3.26. The van der Waals surface area contributed by atoms with Crippen LogP contribution in [0, 0.1) is 12.7 Å². The zero-order valence-corrected chi connectivity index (χ0v) is 18.0. The van der Waals surface area contributed by atoms with E-state index in [2.05, 4.69) is 10.0 Å². The first kappa shape index (κ1) is 21.6. The molecule has 2 N–H and O–H groups in total. The Hall–Kier alpha value is -3.59. The molecule has 3 aromatic carbocycles. The molecule has 166 valence electrons. The first-order valence-corrected chi connectivity index (χ1v) is 11.4. The molecule has 0 spiro atoms. The van der Waals surface area contributed by atoms with E-state index < -0.39 is 15.9 Å². The van der Waals surface area contributed by atoms with E-state index in [1.54, 1.807) is 31.2 Å². The fraction of sp³-hybridized carbons (Fsp3) is 0.174. The number of benzene rings is 3. The highest BCUT2D eigenvalue weighted by molar-refractivity contribution is 7.92. The molecule has 0 bridgehead atoms. The number of hydrogen-bond donors (Lipinski definition) is 2. The molecule has 0 saturated heterocycles. The smallest absolute Gasteiger partial charge is 0.262 e. The van der Waals surface area contributed by atoms with E-state index in [0.717, 1.165) is 5.56 Å². The molecule has 1 heterocycles. The summed E-state index contributed by atoms with van der Waals surface area (Å²) in [6.45, 7) is 2.55. The molecule has 3 aromatic rings. The summed E-state index contributed by atoms with van der Waals surface area (Å²) in [7, 11) is -3.99. The molecular weight excluding hydrogens is 435 g/mol. The van der Waals surface area contributed by atoms with Crippen molar-refractivity contribution >= 4 is 21.6 Å². The lowest BCUT2D eigenvalue weighted by molar-refractivity contribution is 0.0952. The maximum absolute atomic E-state index is 13.4. The van der Waals surface area contributed by atoms with Crippen molar-refractivity contribution < 1.29 is 27.1 Å². The van der Waals surface area contributed by atoms with Crippen molar-refractivity contribution in [1.82, 2.24) is 5.32 Å². The molecule has 1 aliphatic heterocycles. The van der Waals surface area contributed by atoms with Crippen LogP contribution in [0.25, 0.3) is 0 Å². The molecule has 0 saturated carbocycles. The van der Waals surface area contributed by atoms with Crippen molar-refractivity contribution in [3.05, 3.63) is 83.2 Å². The molecule has 4 rings (SSSR count). The molecule has 32 heavy (non-hydrogen) atoms. The van der Waals surface area contributed by atoms with Gasteiger partial charge in [0.2, 0.25) is 0 Å². The summed E-state index contributed by atoms with van der Waals surface area (Å²) < 4.78 is 52.7. The molecule has 0 unspecified atom stereocenters. The molecule has 0 fully saturated rings. The van der Waals surface area contributed by atoms with Crippen LogP contribution in [0.5, 0.6) is 11.5 Å². The number of carbonyl (C=O) groups is 1. The number of nitrogens with one attached hydrogen (secondary N) is 2. The van der Waals surface area contributed by atoms with Crippen LogP contribution in [-0.2, 0) is 16.6 Å². The number of sulfonamides is 1. The van der Waals surface area contributed by atoms with Crippen molar-refractivity contribution in [1.29, 1.82) is 0 Å². The van der Waals surface area contributed by atoms with E-state index in [-0.39, 0.29) is 28.5 Å². The van der Waals surface area contributed by atoms with Crippen molar-refractivity contribution in [3.63, 3.8) is 0 Å². The largest absolute Gasteiger partial charge is 0.486 e. The first-order chi connectivity index (χ1) is 15.3. The predicted molar refractivity (Wildman–Crippen MR) is 117 cm³/mol. The van der Waals surface area contributed by atoms with Crippen LogP contribution in [0.2, 0.25) is 0 Å². The van der Waals surface area contributed by atoms with Gasteiger partial charge < -0.3 is 14.8 Å². The molecule has 7 nitrogen and oxygen atoms in total. The number of rotatable bonds is 6. The monoisotopic (exact) mass is 456 g/mol. The van der Waals surface area contributed by atoms with E-state index in [1.807, 2.05) is 0 Å². The van der Waals surface area contributed by atoms with Gasteiger partial charge in [-0.1, -0.05) is 24.3 Å². The van der Waals surface area contributed by atoms with Gasteiger partial charge in [0.25, 0.3) is 15.9 Å². The molecular formula is C23H21FN2O5S. The quantitative estimate of drug-likeness (QED) is 0.591. The third-order valence-corrected chi connectivity index (χ3v) is 6.28. The van der Waals surface area contributed by atoms with Gasteiger partial charge >= 0.3 is 0 Å². The Kier molecular flexibility index (Phi) is 6.00. The number of aryl methyl sites for hydroxylation is 1. The van der Waals surface area contributed by atoms with Crippen LogP contribution >= 0.6 is 0 Å². The summed E-state index contributed by atoms with van der Waals surface area (Å²) in [4.78, 5) is 12.7. The Morgan fingerprint density at radius 2 is 1.75 bits per heavy atom. The maximum atomic E-state index is 13.4. The molecule has 0 radical (unpaired) electrons. The topological polar surface area (TPSA) is 93.7 Å². The Morgan fingerprint density at radius 3 is 2.53 bits per heavy atom. The van der Waals surface area contributed by atoms with Crippen LogP contribution < -0.4 is 19.5 Å². The highest BCUT2D eigenvalue weighted by Gasteiger charge is 2.21. The van der Waals surface area contributed by atoms with Crippen molar-refractivity contribution in [2.75, 3.05) is 17.9 Å². The normalized spacial score (nSPS) is 12.8. The summed E-state index contributed by atoms with van der Waals surface area (Å²) in [5, 5.41) is 2.74. The van der Waals surface area contributed by atoms with E-state index >= 15 is 0 Å². The van der Waals surface area contributed by atoms with E-state index in [4.69, 9.17) is 9.47 Å². The van der Waals surface area contributed by atoms with Gasteiger partial charge in [0, 0.05) is 12.6 Å². The van der Waals surface area contributed by atoms with Crippen molar-refractivity contribution in [3.8, 4) is 11.5 Å². The van der Waals surface area contributed by atoms with Gasteiger partial charge in [-0.2, -0.15) is 0 Å². The van der Waals surface area contributed by atoms with Crippen molar-refractivity contribution in [2.24, 2.45) is 0 Å². The van der Waals surface area contributed by atoms with Gasteiger partial charge in [-0.05, 0) is 48.4 Å². The highest BCUT2D eigenvalue weighted by atomic mass is 32.2. The van der Waals surface area contributed by atoms with Gasteiger partial charge in [0.05, 0.1) is 16.1 Å². The average molecular weight is 456 g/mol. The molecule has 1 amide bonds. The number of carbonyl (C=O) groups excluding carboxylic acids is 1. The maximum Gasteiger partial charge on any atom is 0.262 e. The zero-order chi connectivity index (χ0) is 22.7. The average Bonchev–Trinajstić information content (AvgIpc) is 2.79. The Bertz CT molecular complexity index is 1280. The fourth-order valence-corrected chi connectivity index (χ4v) is 4.35. The molecule has 0 aromatic heterocycles. The Balaban J connectivity index is 1.52. The van der Waals surface area contributed by atoms with Gasteiger partial charge in [-0.3, -0.25) is 9.52 Å². The number of para-hydroxylation sites is 1. The minimum atomic E-state index is -3.99. The minimum absolute atomic E-state index is 0.0150. The lowest BCUT2D eigenvalue weighted by Gasteiger charge is -2.19. The minimum Gasteiger partial charge on any atom is -0.486 e. The van der Waals surface area contributed by atoms with Crippen LogP contribution in [0.15, 0.2) is 65.6 Å². The first-order valence-electron chi connectivity index (χ1n) is 9.88. The van der Waals surface area contributed by atoms with Gasteiger partial charge in [-0.25, -0.2) is 12.8 Å². The van der Waals surface area contributed by atoms with Crippen LogP contribution in [0.3, 0.4) is 0 Å². The van der Waals surface area contributed by atoms with Crippen LogP contribution in [0.1, 0.15) is 21.5 Å². The van der Waals surface area contributed by atoms with Crippen molar-refractivity contribution in [2.45, 2.75) is 18.4 Å². The van der Waals surface area contributed by atoms with Gasteiger partial charge in [-0.15, -0.1) is 0 Å². The number of fused-ring (bicyclic) bond motifs is 1.